The molecule has 184 valence electrons. The number of anilines is 1. The van der Waals surface area contributed by atoms with E-state index in [2.05, 4.69) is 15.6 Å². The molecular weight excluding hydrogens is 436 g/mol. The molecule has 3 amide bonds. The van der Waals surface area contributed by atoms with Crippen molar-refractivity contribution in [1.29, 1.82) is 0 Å². The molecule has 1 aromatic heterocycles. The largest absolute Gasteiger partial charge is 0.374 e. The van der Waals surface area contributed by atoms with Crippen LogP contribution in [-0.4, -0.2) is 63.4 Å². The first kappa shape index (κ1) is 25.4. The maximum absolute atomic E-state index is 12.9. The molecule has 10 heteroatoms. The van der Waals surface area contributed by atoms with E-state index in [1.54, 1.807) is 24.6 Å². The van der Waals surface area contributed by atoms with E-state index in [4.69, 9.17) is 10.5 Å². The first-order chi connectivity index (χ1) is 16.2. The Morgan fingerprint density at radius 2 is 1.85 bits per heavy atom. The van der Waals surface area contributed by atoms with Gasteiger partial charge in [-0.2, -0.15) is 0 Å². The molecule has 1 atom stereocenters. The van der Waals surface area contributed by atoms with Crippen molar-refractivity contribution in [3.05, 3.63) is 48.4 Å². The van der Waals surface area contributed by atoms with Crippen LogP contribution in [0.15, 0.2) is 42.9 Å². The van der Waals surface area contributed by atoms with Gasteiger partial charge in [0.25, 0.3) is 5.91 Å². The lowest BCUT2D eigenvalue weighted by Gasteiger charge is -2.26. The maximum Gasteiger partial charge on any atom is 0.250 e. The van der Waals surface area contributed by atoms with Gasteiger partial charge in [-0.05, 0) is 38.7 Å². The summed E-state index contributed by atoms with van der Waals surface area (Å²) in [6.45, 7) is 5.07. The van der Waals surface area contributed by atoms with E-state index in [0.717, 1.165) is 37.9 Å². The predicted molar refractivity (Wildman–Crippen MR) is 128 cm³/mol. The third kappa shape index (κ3) is 7.67. The highest BCUT2D eigenvalue weighted by molar-refractivity contribution is 5.98. The molecule has 1 fully saturated rings. The number of rotatable bonds is 10. The molecule has 0 aliphatic carbocycles. The number of benzene rings is 1. The highest BCUT2D eigenvalue weighted by Crippen LogP contribution is 2.11. The molecule has 1 saturated heterocycles. The summed E-state index contributed by atoms with van der Waals surface area (Å²) in [5.74, 6) is -0.655. The van der Waals surface area contributed by atoms with E-state index < -0.39 is 23.4 Å². The van der Waals surface area contributed by atoms with Crippen molar-refractivity contribution in [1.82, 2.24) is 19.8 Å². The van der Waals surface area contributed by atoms with Gasteiger partial charge in [-0.15, -0.1) is 0 Å². The van der Waals surface area contributed by atoms with Crippen LogP contribution in [0.3, 0.4) is 0 Å². The van der Waals surface area contributed by atoms with Crippen molar-refractivity contribution in [3.8, 4) is 0 Å². The zero-order valence-electron chi connectivity index (χ0n) is 19.8. The van der Waals surface area contributed by atoms with Gasteiger partial charge in [-0.1, -0.05) is 30.3 Å². The average molecular weight is 471 g/mol. The Morgan fingerprint density at radius 1 is 1.15 bits per heavy atom. The van der Waals surface area contributed by atoms with E-state index in [-0.39, 0.29) is 24.9 Å². The van der Waals surface area contributed by atoms with Crippen molar-refractivity contribution < 1.29 is 19.1 Å². The number of ether oxygens (including phenoxy) is 1. The van der Waals surface area contributed by atoms with Crippen LogP contribution in [0.5, 0.6) is 0 Å². The number of amides is 3. The molecule has 1 unspecified atom stereocenters. The van der Waals surface area contributed by atoms with Crippen LogP contribution in [-0.2, 0) is 32.3 Å². The van der Waals surface area contributed by atoms with Crippen LogP contribution in [0.2, 0.25) is 0 Å². The summed E-state index contributed by atoms with van der Waals surface area (Å²) in [5, 5.41) is 5.34. The number of aromatic nitrogens is 2. The summed E-state index contributed by atoms with van der Waals surface area (Å²) in [6.07, 6.45) is 6.29. The fourth-order valence-electron chi connectivity index (χ4n) is 3.52. The van der Waals surface area contributed by atoms with Crippen LogP contribution in [0.4, 0.5) is 5.82 Å². The standard InChI is InChI=1S/C24H34N6O4/c1-24(2,25)23(33)27-19(16-34-15-18-9-5-3-6-10-18)22(32)28-20-13-29(17-26-20)14-21(31)30-11-7-4-8-12-30/h3,5-6,9-10,13,17,19H,4,7-8,11-12,14-16,25H2,1-2H3,(H,27,33)(H,28,32). The van der Waals surface area contributed by atoms with E-state index in [1.165, 1.54) is 6.33 Å². The van der Waals surface area contributed by atoms with E-state index in [9.17, 15) is 14.4 Å². The summed E-state index contributed by atoms with van der Waals surface area (Å²) in [5.41, 5.74) is 5.66. The molecule has 1 aromatic carbocycles. The molecule has 2 heterocycles. The maximum atomic E-state index is 12.9. The van der Waals surface area contributed by atoms with Crippen molar-refractivity contribution in [2.24, 2.45) is 5.73 Å². The van der Waals surface area contributed by atoms with E-state index in [0.29, 0.717) is 6.61 Å². The molecule has 3 rings (SSSR count). The van der Waals surface area contributed by atoms with Gasteiger partial charge in [0.1, 0.15) is 12.6 Å². The van der Waals surface area contributed by atoms with Crippen LogP contribution in [0.25, 0.3) is 0 Å². The number of nitrogens with two attached hydrogens (primary N) is 1. The van der Waals surface area contributed by atoms with Crippen molar-refractivity contribution >= 4 is 23.5 Å². The minimum atomic E-state index is -1.16. The molecule has 1 aliphatic rings. The number of nitrogens with zero attached hydrogens (tertiary/aromatic N) is 3. The van der Waals surface area contributed by atoms with Gasteiger partial charge >= 0.3 is 0 Å². The number of hydrogen-bond donors (Lipinski definition) is 3. The number of likely N-dealkylation sites (tertiary alicyclic amines) is 1. The topological polar surface area (TPSA) is 132 Å². The van der Waals surface area contributed by atoms with Crippen molar-refractivity contribution in [2.75, 3.05) is 25.0 Å². The lowest BCUT2D eigenvalue weighted by atomic mass is 10.1. The lowest BCUT2D eigenvalue weighted by Crippen LogP contribution is -2.56. The summed E-state index contributed by atoms with van der Waals surface area (Å²) < 4.78 is 7.32. The van der Waals surface area contributed by atoms with Crippen molar-refractivity contribution in [2.45, 2.75) is 57.8 Å². The zero-order chi connectivity index (χ0) is 24.6. The Kier molecular flexibility index (Phi) is 8.78. The molecule has 0 bridgehead atoms. The Morgan fingerprint density at radius 3 is 2.53 bits per heavy atom. The van der Waals surface area contributed by atoms with Gasteiger partial charge in [-0.3, -0.25) is 14.4 Å². The fourth-order valence-corrected chi connectivity index (χ4v) is 3.52. The lowest BCUT2D eigenvalue weighted by molar-refractivity contribution is -0.132. The second-order valence-electron chi connectivity index (χ2n) is 9.11. The normalized spacial score (nSPS) is 15.0. The van der Waals surface area contributed by atoms with Gasteiger partial charge in [0.2, 0.25) is 11.8 Å². The highest BCUT2D eigenvalue weighted by Gasteiger charge is 2.28. The molecule has 0 radical (unpaired) electrons. The molecule has 10 nitrogen and oxygen atoms in total. The zero-order valence-corrected chi connectivity index (χ0v) is 19.8. The van der Waals surface area contributed by atoms with Crippen molar-refractivity contribution in [3.63, 3.8) is 0 Å². The Hall–Kier alpha value is -3.24. The van der Waals surface area contributed by atoms with Gasteiger partial charge in [0, 0.05) is 19.3 Å². The summed E-state index contributed by atoms with van der Waals surface area (Å²) in [7, 11) is 0. The Labute approximate surface area is 199 Å². The number of hydrogen-bond acceptors (Lipinski definition) is 6. The van der Waals surface area contributed by atoms with Gasteiger partial charge in [-0.25, -0.2) is 4.98 Å². The highest BCUT2D eigenvalue weighted by atomic mass is 16.5. The molecule has 1 aliphatic heterocycles. The third-order valence-corrected chi connectivity index (χ3v) is 5.51. The molecule has 0 saturated carbocycles. The monoisotopic (exact) mass is 470 g/mol. The van der Waals surface area contributed by atoms with Crippen LogP contribution in [0.1, 0.15) is 38.7 Å². The quantitative estimate of drug-likeness (QED) is 0.479. The SMILES string of the molecule is CC(C)(N)C(=O)NC(COCc1ccccc1)C(=O)Nc1cn(CC(=O)N2CCCCC2)cn1. The molecule has 2 aromatic rings. The average Bonchev–Trinajstić information content (AvgIpc) is 3.25. The second kappa shape index (κ2) is 11.8. The smallest absolute Gasteiger partial charge is 0.250 e. The molecule has 34 heavy (non-hydrogen) atoms. The fraction of sp³-hybridized carbons (Fsp3) is 0.500. The van der Waals surface area contributed by atoms with Gasteiger partial charge in [0.15, 0.2) is 5.82 Å². The van der Waals surface area contributed by atoms with E-state index >= 15 is 0 Å². The molecular formula is C24H34N6O4. The third-order valence-electron chi connectivity index (χ3n) is 5.51. The van der Waals surface area contributed by atoms with Gasteiger partial charge < -0.3 is 30.6 Å². The number of nitrogens with one attached hydrogen (secondary N) is 2. The predicted octanol–water partition coefficient (Wildman–Crippen LogP) is 1.27. The summed E-state index contributed by atoms with van der Waals surface area (Å²) >= 11 is 0. The number of piperidine rings is 1. The minimum Gasteiger partial charge on any atom is -0.374 e. The number of carbonyl (C=O) groups is 3. The van der Waals surface area contributed by atoms with Crippen LogP contribution >= 0.6 is 0 Å². The number of carbonyl (C=O) groups excluding carboxylic acids is 3. The van der Waals surface area contributed by atoms with Gasteiger partial charge in [0.05, 0.1) is 25.1 Å². The first-order valence-electron chi connectivity index (χ1n) is 11.5. The summed E-state index contributed by atoms with van der Waals surface area (Å²) in [6, 6.07) is 8.55. The summed E-state index contributed by atoms with van der Waals surface area (Å²) in [4.78, 5) is 43.8. The first-order valence-corrected chi connectivity index (χ1v) is 11.5. The van der Waals surface area contributed by atoms with Crippen LogP contribution < -0.4 is 16.4 Å². The molecule has 4 N–H and O–H groups in total. The van der Waals surface area contributed by atoms with Crippen LogP contribution in [0, 0.1) is 0 Å². The number of imidazole rings is 1. The minimum absolute atomic E-state index is 0.0274. The Balaban J connectivity index is 1.58. The Bertz CT molecular complexity index is 963. The van der Waals surface area contributed by atoms with E-state index in [1.807, 2.05) is 35.2 Å². The molecule has 0 spiro atoms. The second-order valence-corrected chi connectivity index (χ2v) is 9.11.